The SMILES string of the molecule is Cl.O=C(C1CNCCO1)N1CCC(Cc2cc(Cl)ccc2Cl)CC1. The zero-order valence-electron chi connectivity index (χ0n) is 13.5. The molecule has 0 bridgehead atoms. The summed E-state index contributed by atoms with van der Waals surface area (Å²) in [7, 11) is 0. The standard InChI is InChI=1S/C17H22Cl2N2O2.ClH/c18-14-1-2-15(19)13(10-14)9-12-3-6-21(7-4-12)17(22)16-11-20-5-8-23-16;/h1-2,10,12,16,20H,3-9,11H2;1H. The smallest absolute Gasteiger partial charge is 0.253 e. The van der Waals surface area contributed by atoms with E-state index in [1.807, 2.05) is 23.1 Å². The first-order valence-electron chi connectivity index (χ1n) is 8.18. The summed E-state index contributed by atoms with van der Waals surface area (Å²) in [6.45, 7) is 3.65. The van der Waals surface area contributed by atoms with E-state index in [0.717, 1.165) is 54.5 Å². The third kappa shape index (κ3) is 4.99. The fraction of sp³-hybridized carbons (Fsp3) is 0.588. The molecular formula is C17H23Cl3N2O2. The third-order valence-electron chi connectivity index (χ3n) is 4.65. The predicted octanol–water partition coefficient (Wildman–Crippen LogP) is 3.18. The van der Waals surface area contributed by atoms with Crippen LogP contribution in [0.2, 0.25) is 10.0 Å². The molecule has 1 amide bonds. The van der Waals surface area contributed by atoms with E-state index in [4.69, 9.17) is 27.9 Å². The number of nitrogens with zero attached hydrogens (tertiary/aromatic N) is 1. The van der Waals surface area contributed by atoms with Crippen LogP contribution in [0.1, 0.15) is 18.4 Å². The van der Waals surface area contributed by atoms with Crippen molar-refractivity contribution in [3.63, 3.8) is 0 Å². The van der Waals surface area contributed by atoms with Gasteiger partial charge in [-0.05, 0) is 48.9 Å². The zero-order chi connectivity index (χ0) is 16.2. The van der Waals surface area contributed by atoms with Crippen LogP contribution < -0.4 is 5.32 Å². The summed E-state index contributed by atoms with van der Waals surface area (Å²) in [5.41, 5.74) is 1.10. The molecule has 3 rings (SSSR count). The molecule has 2 saturated heterocycles. The van der Waals surface area contributed by atoms with Crippen molar-refractivity contribution in [1.82, 2.24) is 10.2 Å². The number of hydrogen-bond acceptors (Lipinski definition) is 3. The summed E-state index contributed by atoms with van der Waals surface area (Å²) in [5, 5.41) is 4.70. The fourth-order valence-corrected chi connectivity index (χ4v) is 3.69. The minimum absolute atomic E-state index is 0. The number of morpholine rings is 1. The molecule has 2 aliphatic heterocycles. The van der Waals surface area contributed by atoms with Gasteiger partial charge in [0, 0.05) is 36.2 Å². The highest BCUT2D eigenvalue weighted by molar-refractivity contribution is 6.33. The molecule has 24 heavy (non-hydrogen) atoms. The van der Waals surface area contributed by atoms with E-state index in [1.54, 1.807) is 0 Å². The molecule has 0 aliphatic carbocycles. The third-order valence-corrected chi connectivity index (χ3v) is 5.25. The van der Waals surface area contributed by atoms with Crippen LogP contribution in [0.3, 0.4) is 0 Å². The van der Waals surface area contributed by atoms with Crippen LogP contribution in [-0.4, -0.2) is 49.7 Å². The quantitative estimate of drug-likeness (QED) is 0.857. The molecule has 0 aromatic heterocycles. The molecule has 4 nitrogen and oxygen atoms in total. The summed E-state index contributed by atoms with van der Waals surface area (Å²) >= 11 is 12.3. The number of amides is 1. The van der Waals surface area contributed by atoms with Crippen molar-refractivity contribution in [1.29, 1.82) is 0 Å². The minimum Gasteiger partial charge on any atom is -0.366 e. The van der Waals surface area contributed by atoms with Crippen LogP contribution in [0.5, 0.6) is 0 Å². The van der Waals surface area contributed by atoms with Gasteiger partial charge in [-0.3, -0.25) is 4.79 Å². The van der Waals surface area contributed by atoms with E-state index in [0.29, 0.717) is 19.1 Å². The molecule has 1 unspecified atom stereocenters. The fourth-order valence-electron chi connectivity index (χ4n) is 3.30. The Morgan fingerprint density at radius 2 is 2.04 bits per heavy atom. The summed E-state index contributed by atoms with van der Waals surface area (Å²) in [4.78, 5) is 14.4. The topological polar surface area (TPSA) is 41.6 Å². The molecule has 134 valence electrons. The Bertz CT molecular complexity index is 557. The number of piperidine rings is 1. The zero-order valence-corrected chi connectivity index (χ0v) is 15.8. The van der Waals surface area contributed by atoms with Gasteiger partial charge >= 0.3 is 0 Å². The van der Waals surface area contributed by atoms with Gasteiger partial charge in [-0.25, -0.2) is 0 Å². The maximum Gasteiger partial charge on any atom is 0.253 e. The molecule has 1 atom stereocenters. The number of carbonyl (C=O) groups is 1. The molecule has 1 aromatic rings. The number of nitrogens with one attached hydrogen (secondary N) is 1. The lowest BCUT2D eigenvalue weighted by molar-refractivity contribution is -0.146. The minimum atomic E-state index is -0.317. The molecule has 0 radical (unpaired) electrons. The Balaban J connectivity index is 0.00000208. The van der Waals surface area contributed by atoms with Crippen molar-refractivity contribution < 1.29 is 9.53 Å². The summed E-state index contributed by atoms with van der Waals surface area (Å²) in [5.74, 6) is 0.664. The second kappa shape index (κ2) is 9.25. The van der Waals surface area contributed by atoms with Gasteiger partial charge in [-0.15, -0.1) is 12.4 Å². The maximum atomic E-state index is 12.4. The average molecular weight is 394 g/mol. The van der Waals surface area contributed by atoms with E-state index in [9.17, 15) is 4.79 Å². The van der Waals surface area contributed by atoms with Crippen LogP contribution >= 0.6 is 35.6 Å². The predicted molar refractivity (Wildman–Crippen MR) is 99.3 cm³/mol. The van der Waals surface area contributed by atoms with Crippen molar-refractivity contribution in [2.75, 3.05) is 32.8 Å². The van der Waals surface area contributed by atoms with Crippen molar-refractivity contribution in [3.8, 4) is 0 Å². The number of benzene rings is 1. The Morgan fingerprint density at radius 1 is 1.29 bits per heavy atom. The van der Waals surface area contributed by atoms with Gasteiger partial charge in [0.2, 0.25) is 0 Å². The van der Waals surface area contributed by atoms with E-state index >= 15 is 0 Å². The van der Waals surface area contributed by atoms with Gasteiger partial charge < -0.3 is 15.0 Å². The number of ether oxygens (including phenoxy) is 1. The number of carbonyl (C=O) groups excluding carboxylic acids is 1. The van der Waals surface area contributed by atoms with E-state index < -0.39 is 0 Å². The largest absolute Gasteiger partial charge is 0.366 e. The first-order chi connectivity index (χ1) is 11.1. The van der Waals surface area contributed by atoms with Crippen LogP contribution in [0.15, 0.2) is 18.2 Å². The molecule has 2 fully saturated rings. The molecule has 0 saturated carbocycles. The highest BCUT2D eigenvalue weighted by Crippen LogP contribution is 2.28. The molecule has 1 N–H and O–H groups in total. The monoisotopic (exact) mass is 392 g/mol. The van der Waals surface area contributed by atoms with Crippen LogP contribution in [0.4, 0.5) is 0 Å². The van der Waals surface area contributed by atoms with Gasteiger partial charge in [0.05, 0.1) is 6.61 Å². The molecule has 2 aliphatic rings. The van der Waals surface area contributed by atoms with E-state index in [-0.39, 0.29) is 24.4 Å². The van der Waals surface area contributed by atoms with Crippen LogP contribution in [0.25, 0.3) is 0 Å². The molecule has 0 spiro atoms. The maximum absolute atomic E-state index is 12.4. The Labute approximate surface area is 159 Å². The number of halogens is 3. The Kier molecular flexibility index (Phi) is 7.63. The second-order valence-corrected chi connectivity index (χ2v) is 7.12. The molecular weight excluding hydrogens is 371 g/mol. The van der Waals surface area contributed by atoms with Gasteiger partial charge in [0.15, 0.2) is 0 Å². The molecule has 7 heteroatoms. The summed E-state index contributed by atoms with van der Waals surface area (Å²) < 4.78 is 5.56. The first kappa shape index (κ1) is 19.8. The highest BCUT2D eigenvalue weighted by Gasteiger charge is 2.30. The van der Waals surface area contributed by atoms with Gasteiger partial charge in [0.1, 0.15) is 6.10 Å². The molecule has 2 heterocycles. The van der Waals surface area contributed by atoms with Crippen molar-refractivity contribution in [2.45, 2.75) is 25.4 Å². The lowest BCUT2D eigenvalue weighted by Crippen LogP contribution is -2.51. The number of likely N-dealkylation sites (tertiary alicyclic amines) is 1. The van der Waals surface area contributed by atoms with Gasteiger partial charge in [0.25, 0.3) is 5.91 Å². The first-order valence-corrected chi connectivity index (χ1v) is 8.94. The number of hydrogen-bond donors (Lipinski definition) is 1. The lowest BCUT2D eigenvalue weighted by Gasteiger charge is -2.35. The lowest BCUT2D eigenvalue weighted by atomic mass is 9.90. The highest BCUT2D eigenvalue weighted by atomic mass is 35.5. The van der Waals surface area contributed by atoms with Crippen molar-refractivity contribution in [3.05, 3.63) is 33.8 Å². The van der Waals surface area contributed by atoms with Gasteiger partial charge in [-0.2, -0.15) is 0 Å². The van der Waals surface area contributed by atoms with Crippen LogP contribution in [-0.2, 0) is 16.0 Å². The van der Waals surface area contributed by atoms with Crippen LogP contribution in [0, 0.1) is 5.92 Å². The Morgan fingerprint density at radius 3 is 2.71 bits per heavy atom. The van der Waals surface area contributed by atoms with Crippen molar-refractivity contribution >= 4 is 41.5 Å². The summed E-state index contributed by atoms with van der Waals surface area (Å²) in [6.07, 6.45) is 2.59. The Hall–Kier alpha value is -0.520. The van der Waals surface area contributed by atoms with E-state index in [2.05, 4.69) is 5.32 Å². The van der Waals surface area contributed by atoms with E-state index in [1.165, 1.54) is 0 Å². The summed E-state index contributed by atoms with van der Waals surface area (Å²) in [6, 6.07) is 5.61. The van der Waals surface area contributed by atoms with Crippen molar-refractivity contribution in [2.24, 2.45) is 5.92 Å². The van der Waals surface area contributed by atoms with Gasteiger partial charge in [-0.1, -0.05) is 23.2 Å². The number of rotatable bonds is 3. The average Bonchev–Trinajstić information content (AvgIpc) is 2.59. The second-order valence-electron chi connectivity index (χ2n) is 6.27. The normalized spacial score (nSPS) is 22.1. The molecule has 1 aromatic carbocycles.